The standard InChI is InChI=1S/C22H22BrNO3/c1-3-15(2)27-18-11-9-17(10-12-18)24-21(25)14-26-20-13-8-16-6-4-5-7-19(16)22(20)23/h4-13,15H,3,14H2,1-2H3,(H,24,25). The summed E-state index contributed by atoms with van der Waals surface area (Å²) in [5.74, 6) is 1.21. The number of anilines is 1. The summed E-state index contributed by atoms with van der Waals surface area (Å²) >= 11 is 3.56. The Morgan fingerprint density at radius 1 is 1.07 bits per heavy atom. The fourth-order valence-electron chi connectivity index (χ4n) is 2.60. The highest BCUT2D eigenvalue weighted by molar-refractivity contribution is 9.10. The lowest BCUT2D eigenvalue weighted by Gasteiger charge is -2.13. The molecule has 0 aromatic heterocycles. The third-order valence-electron chi connectivity index (χ3n) is 4.24. The van der Waals surface area contributed by atoms with Crippen molar-refractivity contribution in [1.82, 2.24) is 0 Å². The molecule has 1 N–H and O–H groups in total. The summed E-state index contributed by atoms with van der Waals surface area (Å²) in [6, 6.07) is 19.2. The Kier molecular flexibility index (Phi) is 6.35. The van der Waals surface area contributed by atoms with E-state index in [9.17, 15) is 4.79 Å². The van der Waals surface area contributed by atoms with Gasteiger partial charge in [0.05, 0.1) is 10.6 Å². The van der Waals surface area contributed by atoms with E-state index in [4.69, 9.17) is 9.47 Å². The molecule has 0 saturated carbocycles. The zero-order valence-electron chi connectivity index (χ0n) is 15.4. The molecule has 0 spiro atoms. The molecular formula is C22H22BrNO3. The van der Waals surface area contributed by atoms with Crippen LogP contribution < -0.4 is 14.8 Å². The lowest BCUT2D eigenvalue weighted by Crippen LogP contribution is -2.20. The van der Waals surface area contributed by atoms with E-state index in [0.717, 1.165) is 27.4 Å². The molecular weight excluding hydrogens is 406 g/mol. The molecule has 0 saturated heterocycles. The van der Waals surface area contributed by atoms with Crippen LogP contribution in [0.15, 0.2) is 65.1 Å². The van der Waals surface area contributed by atoms with E-state index >= 15 is 0 Å². The van der Waals surface area contributed by atoms with Gasteiger partial charge >= 0.3 is 0 Å². The van der Waals surface area contributed by atoms with Crippen LogP contribution in [0, 0.1) is 0 Å². The summed E-state index contributed by atoms with van der Waals surface area (Å²) in [6.07, 6.45) is 1.11. The first-order chi connectivity index (χ1) is 13.1. The molecule has 0 heterocycles. The third-order valence-corrected chi connectivity index (χ3v) is 5.05. The molecule has 0 fully saturated rings. The summed E-state index contributed by atoms with van der Waals surface area (Å²) in [5, 5.41) is 4.99. The number of carbonyl (C=O) groups excluding carboxylic acids is 1. The Morgan fingerprint density at radius 2 is 1.81 bits per heavy atom. The lowest BCUT2D eigenvalue weighted by atomic mass is 10.1. The first-order valence-corrected chi connectivity index (χ1v) is 9.72. The molecule has 1 amide bonds. The Balaban J connectivity index is 1.58. The summed E-state index contributed by atoms with van der Waals surface area (Å²) in [6.45, 7) is 4.03. The Bertz CT molecular complexity index is 924. The number of benzene rings is 3. The zero-order chi connectivity index (χ0) is 19.2. The normalized spacial score (nSPS) is 11.8. The van der Waals surface area contributed by atoms with Gasteiger partial charge in [0.15, 0.2) is 6.61 Å². The van der Waals surface area contributed by atoms with Crippen molar-refractivity contribution in [2.24, 2.45) is 0 Å². The SMILES string of the molecule is CCC(C)Oc1ccc(NC(=O)COc2ccc3ccccc3c2Br)cc1. The number of hydrogen-bond acceptors (Lipinski definition) is 3. The van der Waals surface area contributed by atoms with E-state index in [1.54, 1.807) is 0 Å². The van der Waals surface area contributed by atoms with Gasteiger partial charge in [-0.3, -0.25) is 4.79 Å². The number of nitrogens with one attached hydrogen (secondary N) is 1. The molecule has 5 heteroatoms. The van der Waals surface area contributed by atoms with Crippen molar-refractivity contribution >= 4 is 38.3 Å². The van der Waals surface area contributed by atoms with E-state index in [-0.39, 0.29) is 18.6 Å². The highest BCUT2D eigenvalue weighted by Gasteiger charge is 2.09. The molecule has 0 radical (unpaired) electrons. The monoisotopic (exact) mass is 427 g/mol. The van der Waals surface area contributed by atoms with Crippen LogP contribution in [-0.4, -0.2) is 18.6 Å². The van der Waals surface area contributed by atoms with Crippen molar-refractivity contribution in [3.63, 3.8) is 0 Å². The van der Waals surface area contributed by atoms with Gasteiger partial charge in [0.25, 0.3) is 5.91 Å². The Morgan fingerprint density at radius 3 is 2.56 bits per heavy atom. The highest BCUT2D eigenvalue weighted by atomic mass is 79.9. The number of amides is 1. The maximum Gasteiger partial charge on any atom is 0.262 e. The molecule has 0 aliphatic rings. The minimum atomic E-state index is -0.217. The van der Waals surface area contributed by atoms with Crippen LogP contribution in [0.1, 0.15) is 20.3 Å². The minimum Gasteiger partial charge on any atom is -0.491 e. The number of hydrogen-bond donors (Lipinski definition) is 1. The molecule has 27 heavy (non-hydrogen) atoms. The van der Waals surface area contributed by atoms with E-state index in [1.165, 1.54) is 0 Å². The number of halogens is 1. The van der Waals surface area contributed by atoms with Crippen LogP contribution in [0.25, 0.3) is 10.8 Å². The predicted octanol–water partition coefficient (Wildman–Crippen LogP) is 5.80. The maximum absolute atomic E-state index is 12.2. The van der Waals surface area contributed by atoms with Crippen molar-refractivity contribution in [2.75, 3.05) is 11.9 Å². The molecule has 3 rings (SSSR count). The van der Waals surface area contributed by atoms with Crippen LogP contribution in [0.2, 0.25) is 0 Å². The molecule has 1 unspecified atom stereocenters. The van der Waals surface area contributed by atoms with Crippen molar-refractivity contribution in [3.8, 4) is 11.5 Å². The fraction of sp³-hybridized carbons (Fsp3) is 0.227. The van der Waals surface area contributed by atoms with Crippen molar-refractivity contribution < 1.29 is 14.3 Å². The average molecular weight is 428 g/mol. The number of fused-ring (bicyclic) bond motifs is 1. The van der Waals surface area contributed by atoms with Gasteiger partial charge < -0.3 is 14.8 Å². The number of rotatable bonds is 7. The number of ether oxygens (including phenoxy) is 2. The molecule has 140 valence electrons. The largest absolute Gasteiger partial charge is 0.491 e. The van der Waals surface area contributed by atoms with Crippen molar-refractivity contribution in [1.29, 1.82) is 0 Å². The van der Waals surface area contributed by atoms with Gasteiger partial charge in [-0.05, 0) is 70.4 Å². The van der Waals surface area contributed by atoms with Crippen LogP contribution in [-0.2, 0) is 4.79 Å². The second kappa shape index (κ2) is 8.91. The smallest absolute Gasteiger partial charge is 0.262 e. The van der Waals surface area contributed by atoms with Crippen molar-refractivity contribution in [2.45, 2.75) is 26.4 Å². The first-order valence-electron chi connectivity index (χ1n) is 8.93. The van der Waals surface area contributed by atoms with Gasteiger partial charge in [0, 0.05) is 5.69 Å². The summed E-state index contributed by atoms with van der Waals surface area (Å²) in [4.78, 5) is 12.2. The van der Waals surface area contributed by atoms with E-state index in [0.29, 0.717) is 11.4 Å². The number of carbonyl (C=O) groups is 1. The van der Waals surface area contributed by atoms with Gasteiger partial charge in [-0.25, -0.2) is 0 Å². The second-order valence-electron chi connectivity index (χ2n) is 6.30. The first kappa shape index (κ1) is 19.2. The topological polar surface area (TPSA) is 47.6 Å². The Hall–Kier alpha value is -2.53. The quantitative estimate of drug-likeness (QED) is 0.518. The minimum absolute atomic E-state index is 0.0674. The highest BCUT2D eigenvalue weighted by Crippen LogP contribution is 2.33. The molecule has 3 aromatic rings. The lowest BCUT2D eigenvalue weighted by molar-refractivity contribution is -0.118. The van der Waals surface area contributed by atoms with E-state index < -0.39 is 0 Å². The second-order valence-corrected chi connectivity index (χ2v) is 7.09. The van der Waals surface area contributed by atoms with Gasteiger partial charge in [-0.15, -0.1) is 0 Å². The van der Waals surface area contributed by atoms with Gasteiger partial charge in [0.2, 0.25) is 0 Å². The van der Waals surface area contributed by atoms with Crippen LogP contribution in [0.5, 0.6) is 11.5 Å². The van der Waals surface area contributed by atoms with E-state index in [2.05, 4.69) is 28.2 Å². The van der Waals surface area contributed by atoms with Gasteiger partial charge in [-0.1, -0.05) is 37.3 Å². The van der Waals surface area contributed by atoms with Crippen LogP contribution in [0.4, 0.5) is 5.69 Å². The predicted molar refractivity (Wildman–Crippen MR) is 113 cm³/mol. The summed E-state index contributed by atoms with van der Waals surface area (Å²) < 4.78 is 12.3. The fourth-order valence-corrected chi connectivity index (χ4v) is 3.21. The zero-order valence-corrected chi connectivity index (χ0v) is 17.0. The molecule has 0 aliphatic heterocycles. The molecule has 0 bridgehead atoms. The van der Waals surface area contributed by atoms with E-state index in [1.807, 2.05) is 67.6 Å². The van der Waals surface area contributed by atoms with Crippen LogP contribution in [0.3, 0.4) is 0 Å². The van der Waals surface area contributed by atoms with Gasteiger partial charge in [0.1, 0.15) is 11.5 Å². The molecule has 1 atom stereocenters. The average Bonchev–Trinajstić information content (AvgIpc) is 2.69. The summed E-state index contributed by atoms with van der Waals surface area (Å²) in [5.41, 5.74) is 0.706. The van der Waals surface area contributed by atoms with Gasteiger partial charge in [-0.2, -0.15) is 0 Å². The molecule has 4 nitrogen and oxygen atoms in total. The maximum atomic E-state index is 12.2. The summed E-state index contributed by atoms with van der Waals surface area (Å²) in [7, 11) is 0. The third kappa shape index (κ3) is 5.01. The Labute approximate surface area is 167 Å². The van der Waals surface area contributed by atoms with Crippen LogP contribution >= 0.6 is 15.9 Å². The molecule has 3 aromatic carbocycles. The molecule has 0 aliphatic carbocycles. The van der Waals surface area contributed by atoms with Crippen molar-refractivity contribution in [3.05, 3.63) is 65.1 Å².